The molecule has 26 heavy (non-hydrogen) atoms. The molecule has 1 unspecified atom stereocenters. The Labute approximate surface area is 157 Å². The number of aromatic nitrogens is 2. The van der Waals surface area contributed by atoms with Gasteiger partial charge in [0.1, 0.15) is 0 Å². The molecule has 0 amide bonds. The summed E-state index contributed by atoms with van der Waals surface area (Å²) in [5, 5.41) is 19.3. The second-order valence-electron chi connectivity index (χ2n) is 5.46. The average Bonchev–Trinajstić information content (AvgIpc) is 3.27. The van der Waals surface area contributed by atoms with E-state index in [-0.39, 0.29) is 10.9 Å². The molecule has 0 aliphatic carbocycles. The van der Waals surface area contributed by atoms with E-state index in [0.29, 0.717) is 16.0 Å². The van der Waals surface area contributed by atoms with E-state index in [0.717, 1.165) is 28.7 Å². The van der Waals surface area contributed by atoms with Crippen LogP contribution in [0.3, 0.4) is 0 Å². The highest BCUT2D eigenvalue weighted by Gasteiger charge is 2.19. The van der Waals surface area contributed by atoms with Crippen LogP contribution in [0.2, 0.25) is 0 Å². The van der Waals surface area contributed by atoms with E-state index in [1.807, 2.05) is 26.0 Å². The number of nitro groups is 1. The van der Waals surface area contributed by atoms with Crippen LogP contribution in [0.4, 0.5) is 5.69 Å². The smallest absolute Gasteiger partial charge is 0.277 e. The zero-order valence-electron chi connectivity index (χ0n) is 14.0. The number of aldehydes is 1. The summed E-state index contributed by atoms with van der Waals surface area (Å²) in [6.07, 6.45) is 1.57. The first-order chi connectivity index (χ1) is 12.5. The number of nitro benzene ring substituents is 1. The molecule has 2 aromatic heterocycles. The molecule has 3 aromatic rings. The van der Waals surface area contributed by atoms with Gasteiger partial charge in [-0.05, 0) is 30.5 Å². The lowest BCUT2D eigenvalue weighted by atomic mass is 10.1. The molecule has 0 radical (unpaired) electrons. The van der Waals surface area contributed by atoms with E-state index >= 15 is 0 Å². The van der Waals surface area contributed by atoms with Crippen molar-refractivity contribution in [2.24, 2.45) is 0 Å². The van der Waals surface area contributed by atoms with Crippen molar-refractivity contribution < 1.29 is 14.1 Å². The van der Waals surface area contributed by atoms with E-state index in [1.165, 1.54) is 29.2 Å². The topological polar surface area (TPSA) is 99.1 Å². The summed E-state index contributed by atoms with van der Waals surface area (Å²) in [6.45, 7) is 3.91. The molecule has 0 bridgehead atoms. The van der Waals surface area contributed by atoms with Crippen LogP contribution in [0.5, 0.6) is 0 Å². The Kier molecular flexibility index (Phi) is 5.48. The van der Waals surface area contributed by atoms with Crippen molar-refractivity contribution in [3.8, 4) is 10.8 Å². The van der Waals surface area contributed by atoms with Crippen molar-refractivity contribution in [2.45, 2.75) is 30.7 Å². The fourth-order valence-electron chi connectivity index (χ4n) is 2.41. The van der Waals surface area contributed by atoms with Gasteiger partial charge in [0.25, 0.3) is 16.8 Å². The number of carbonyl (C=O) groups is 1. The third-order valence-electron chi connectivity index (χ3n) is 3.75. The van der Waals surface area contributed by atoms with E-state index in [2.05, 4.69) is 10.2 Å². The molecular weight excluding hydrogens is 374 g/mol. The van der Waals surface area contributed by atoms with Crippen LogP contribution >= 0.6 is 23.1 Å². The van der Waals surface area contributed by atoms with Crippen LogP contribution in [-0.2, 0) is 6.42 Å². The zero-order chi connectivity index (χ0) is 18.7. The maximum atomic E-state index is 11.0. The first kappa shape index (κ1) is 18.3. The van der Waals surface area contributed by atoms with E-state index in [1.54, 1.807) is 12.1 Å². The van der Waals surface area contributed by atoms with E-state index < -0.39 is 4.92 Å². The number of rotatable bonds is 7. The monoisotopic (exact) mass is 389 g/mol. The molecule has 3 rings (SSSR count). The van der Waals surface area contributed by atoms with Gasteiger partial charge in [-0.3, -0.25) is 14.9 Å². The average molecular weight is 389 g/mol. The zero-order valence-corrected chi connectivity index (χ0v) is 15.7. The Morgan fingerprint density at radius 3 is 2.88 bits per heavy atom. The Bertz CT molecular complexity index is 951. The summed E-state index contributed by atoms with van der Waals surface area (Å²) in [5.74, 6) is 0.383. The lowest BCUT2D eigenvalue weighted by Gasteiger charge is -2.08. The fourth-order valence-corrected chi connectivity index (χ4v) is 4.20. The predicted molar refractivity (Wildman–Crippen MR) is 99.7 cm³/mol. The van der Waals surface area contributed by atoms with Gasteiger partial charge >= 0.3 is 0 Å². The van der Waals surface area contributed by atoms with Crippen molar-refractivity contribution >= 4 is 35.1 Å². The van der Waals surface area contributed by atoms with Crippen molar-refractivity contribution in [3.63, 3.8) is 0 Å². The van der Waals surface area contributed by atoms with Gasteiger partial charge in [0, 0.05) is 17.4 Å². The lowest BCUT2D eigenvalue weighted by Crippen LogP contribution is -1.92. The number of non-ortho nitro benzene ring substituents is 1. The van der Waals surface area contributed by atoms with Crippen LogP contribution in [0.15, 0.2) is 40.0 Å². The highest BCUT2D eigenvalue weighted by atomic mass is 32.2. The third kappa shape index (κ3) is 3.83. The number of benzene rings is 1. The molecule has 0 fully saturated rings. The molecule has 134 valence electrons. The van der Waals surface area contributed by atoms with E-state index in [4.69, 9.17) is 4.42 Å². The molecule has 0 aliphatic rings. The number of hydrogen-bond donors (Lipinski definition) is 0. The molecular formula is C17H15N3O4S2. The van der Waals surface area contributed by atoms with Gasteiger partial charge in [-0.15, -0.1) is 21.5 Å². The van der Waals surface area contributed by atoms with Crippen LogP contribution in [0.25, 0.3) is 10.8 Å². The maximum absolute atomic E-state index is 11.0. The minimum absolute atomic E-state index is 0.0498. The van der Waals surface area contributed by atoms with Gasteiger partial charge in [-0.25, -0.2) is 0 Å². The Hall–Kier alpha value is -2.52. The summed E-state index contributed by atoms with van der Waals surface area (Å²) < 4.78 is 5.74. The maximum Gasteiger partial charge on any atom is 0.277 e. The van der Waals surface area contributed by atoms with Gasteiger partial charge < -0.3 is 4.42 Å². The Morgan fingerprint density at radius 1 is 1.38 bits per heavy atom. The van der Waals surface area contributed by atoms with Crippen molar-refractivity contribution in [1.82, 2.24) is 10.2 Å². The molecule has 1 aromatic carbocycles. The number of aryl methyl sites for hydroxylation is 1. The summed E-state index contributed by atoms with van der Waals surface area (Å²) >= 11 is 2.65. The summed E-state index contributed by atoms with van der Waals surface area (Å²) in [4.78, 5) is 22.9. The first-order valence-electron chi connectivity index (χ1n) is 7.84. The summed E-state index contributed by atoms with van der Waals surface area (Å²) in [6, 6.07) is 8.31. The number of thiophene rings is 1. The van der Waals surface area contributed by atoms with Gasteiger partial charge in [0.05, 0.1) is 14.7 Å². The second-order valence-corrected chi connectivity index (χ2v) is 7.84. The Balaban J connectivity index is 1.80. The lowest BCUT2D eigenvalue weighted by molar-refractivity contribution is -0.384. The minimum atomic E-state index is -0.417. The van der Waals surface area contributed by atoms with Crippen molar-refractivity contribution in [1.29, 1.82) is 0 Å². The molecule has 7 nitrogen and oxygen atoms in total. The highest BCUT2D eigenvalue weighted by molar-refractivity contribution is 7.99. The van der Waals surface area contributed by atoms with Gasteiger partial charge in [0.15, 0.2) is 6.29 Å². The third-order valence-corrected chi connectivity index (χ3v) is 5.84. The fraction of sp³-hybridized carbons (Fsp3) is 0.235. The van der Waals surface area contributed by atoms with Crippen LogP contribution in [0, 0.1) is 10.1 Å². The summed E-state index contributed by atoms with van der Waals surface area (Å²) in [5.41, 5.74) is 1.84. The quantitative estimate of drug-likeness (QED) is 0.244. The van der Waals surface area contributed by atoms with Gasteiger partial charge in [0.2, 0.25) is 0 Å². The SMILES string of the molecule is CCc1cc(C=O)sc1-c1nnc(SC(C)c2cccc([N+](=O)[O-])c2)o1. The predicted octanol–water partition coefficient (Wildman–Crippen LogP) is 4.93. The summed E-state index contributed by atoms with van der Waals surface area (Å²) in [7, 11) is 0. The molecule has 0 aliphatic heterocycles. The van der Waals surface area contributed by atoms with Crippen molar-refractivity contribution in [3.05, 3.63) is 56.5 Å². The standard InChI is InChI=1S/C17H15N3O4S2/c1-3-11-8-14(9-21)26-15(11)16-18-19-17(24-16)25-10(2)12-5-4-6-13(7-12)20(22)23/h4-10H,3H2,1-2H3. The molecule has 2 heterocycles. The molecule has 0 saturated carbocycles. The molecule has 9 heteroatoms. The van der Waals surface area contributed by atoms with Gasteiger partial charge in [-0.1, -0.05) is 30.8 Å². The largest absolute Gasteiger partial charge is 0.410 e. The molecule has 0 N–H and O–H groups in total. The number of nitrogens with zero attached hydrogens (tertiary/aromatic N) is 3. The molecule has 0 spiro atoms. The normalized spacial score (nSPS) is 12.1. The van der Waals surface area contributed by atoms with E-state index in [9.17, 15) is 14.9 Å². The minimum Gasteiger partial charge on any atom is -0.410 e. The first-order valence-corrected chi connectivity index (χ1v) is 9.54. The van der Waals surface area contributed by atoms with Crippen LogP contribution < -0.4 is 0 Å². The number of hydrogen-bond acceptors (Lipinski definition) is 8. The number of carbonyl (C=O) groups excluding carboxylic acids is 1. The van der Waals surface area contributed by atoms with Crippen LogP contribution in [0.1, 0.15) is 39.9 Å². The number of thioether (sulfide) groups is 1. The van der Waals surface area contributed by atoms with Gasteiger partial charge in [-0.2, -0.15) is 0 Å². The highest BCUT2D eigenvalue weighted by Crippen LogP contribution is 2.38. The van der Waals surface area contributed by atoms with Crippen LogP contribution in [-0.4, -0.2) is 21.4 Å². The van der Waals surface area contributed by atoms with Crippen molar-refractivity contribution in [2.75, 3.05) is 0 Å². The second kappa shape index (κ2) is 7.79. The Morgan fingerprint density at radius 2 is 2.19 bits per heavy atom. The molecule has 0 saturated heterocycles. The molecule has 1 atom stereocenters.